The predicted octanol–water partition coefficient (Wildman–Crippen LogP) is 11.3. The van der Waals surface area contributed by atoms with Crippen LogP contribution in [0.25, 0.3) is 28.9 Å². The van der Waals surface area contributed by atoms with Crippen LogP contribution in [0.2, 0.25) is 0 Å². The molecule has 0 aliphatic carbocycles. The highest BCUT2D eigenvalue weighted by Gasteiger charge is 2.15. The fraction of sp³-hybridized carbons (Fsp3) is 0.500. The fourth-order valence-corrected chi connectivity index (χ4v) is 9.03. The van der Waals surface area contributed by atoms with Gasteiger partial charge >= 0.3 is 0 Å². The van der Waals surface area contributed by atoms with Gasteiger partial charge in [0.1, 0.15) is 0 Å². The zero-order valence-electron chi connectivity index (χ0n) is 20.0. The van der Waals surface area contributed by atoms with Crippen LogP contribution in [0, 0.1) is 13.8 Å². The largest absolute Gasteiger partial charge is 0.139 e. The Hall–Kier alpha value is -0.940. The van der Waals surface area contributed by atoms with Crippen LogP contribution in [0.1, 0.15) is 86.1 Å². The number of fused-ring (bicyclic) bond motifs is 1. The second-order valence-electron chi connectivity index (χ2n) is 8.96. The molecule has 0 spiro atoms. The molecule has 0 aliphatic rings. The van der Waals surface area contributed by atoms with E-state index in [1.54, 1.807) is 11.1 Å². The lowest BCUT2D eigenvalue weighted by Gasteiger charge is -1.99. The number of hydrogen-bond acceptors (Lipinski definition) is 4. The molecule has 0 saturated carbocycles. The van der Waals surface area contributed by atoms with Crippen LogP contribution < -0.4 is 0 Å². The second-order valence-corrected chi connectivity index (χ2v) is 13.6. The Morgan fingerprint density at radius 3 is 1.31 bits per heavy atom. The van der Waals surface area contributed by atoms with Crippen molar-refractivity contribution < 1.29 is 0 Å². The molecule has 4 heterocycles. The number of thiophene rings is 4. The summed E-state index contributed by atoms with van der Waals surface area (Å²) in [6.07, 6.45) is 13.2. The second kappa shape index (κ2) is 11.5. The summed E-state index contributed by atoms with van der Waals surface area (Å²) in [4.78, 5) is 8.84. The van der Waals surface area contributed by atoms with Gasteiger partial charge in [0, 0.05) is 38.7 Å². The number of rotatable bonds is 12. The molecule has 4 aromatic heterocycles. The standard InChI is InChI=1S/C28H36S4/c1-5-7-9-11-13-21-15-23(29-19(21)3)25-17-27-28(31-25)18-26(32-27)24-16-22(20(4)30-24)14-12-10-8-6-2/h15-18H,5-14H2,1-4H3. The van der Waals surface area contributed by atoms with Crippen LogP contribution >= 0.6 is 45.3 Å². The number of hydrogen-bond donors (Lipinski definition) is 0. The average molecular weight is 501 g/mol. The molecule has 0 saturated heterocycles. The molecule has 0 aliphatic heterocycles. The van der Waals surface area contributed by atoms with Gasteiger partial charge in [0.2, 0.25) is 0 Å². The highest BCUT2D eigenvalue weighted by atomic mass is 32.1. The van der Waals surface area contributed by atoms with Crippen LogP contribution in [-0.4, -0.2) is 0 Å². The minimum absolute atomic E-state index is 1.24. The number of unbranched alkanes of at least 4 members (excludes halogenated alkanes) is 6. The first-order valence-corrected chi connectivity index (χ1v) is 15.6. The van der Waals surface area contributed by atoms with Crippen molar-refractivity contribution in [2.45, 2.75) is 91.9 Å². The third-order valence-electron chi connectivity index (χ3n) is 6.33. The van der Waals surface area contributed by atoms with Crippen molar-refractivity contribution in [2.24, 2.45) is 0 Å². The lowest BCUT2D eigenvalue weighted by molar-refractivity contribution is 0.666. The lowest BCUT2D eigenvalue weighted by atomic mass is 10.1. The minimum Gasteiger partial charge on any atom is -0.139 e. The minimum atomic E-state index is 1.24. The average Bonchev–Trinajstić information content (AvgIpc) is 3.52. The van der Waals surface area contributed by atoms with Crippen LogP contribution in [0.3, 0.4) is 0 Å². The van der Waals surface area contributed by atoms with Gasteiger partial charge in [-0.2, -0.15) is 0 Å². The molecule has 0 bridgehead atoms. The molecule has 4 heteroatoms. The van der Waals surface area contributed by atoms with Gasteiger partial charge in [-0.15, -0.1) is 45.3 Å². The summed E-state index contributed by atoms with van der Waals surface area (Å²) in [5.41, 5.74) is 3.14. The molecule has 0 amide bonds. The molecule has 0 fully saturated rings. The monoisotopic (exact) mass is 500 g/mol. The van der Waals surface area contributed by atoms with Crippen molar-refractivity contribution >= 4 is 54.7 Å². The fourth-order valence-electron chi connectivity index (χ4n) is 4.34. The molecular formula is C28H36S4. The van der Waals surface area contributed by atoms with Crippen LogP contribution in [0.5, 0.6) is 0 Å². The van der Waals surface area contributed by atoms with E-state index in [0.29, 0.717) is 0 Å². The first-order chi connectivity index (χ1) is 15.6. The van der Waals surface area contributed by atoms with Gasteiger partial charge in [-0.1, -0.05) is 52.4 Å². The van der Waals surface area contributed by atoms with E-state index in [2.05, 4.69) is 52.0 Å². The molecule has 0 unspecified atom stereocenters. The van der Waals surface area contributed by atoms with Gasteiger partial charge in [0.05, 0.1) is 0 Å². The molecule has 4 aromatic rings. The van der Waals surface area contributed by atoms with Gasteiger partial charge in [0.25, 0.3) is 0 Å². The zero-order chi connectivity index (χ0) is 22.5. The first kappa shape index (κ1) is 24.2. The summed E-state index contributed by atoms with van der Waals surface area (Å²) in [5.74, 6) is 0. The summed E-state index contributed by atoms with van der Waals surface area (Å²) in [6.45, 7) is 9.18. The van der Waals surface area contributed by atoms with E-state index in [1.807, 2.05) is 45.3 Å². The maximum absolute atomic E-state index is 2.47. The summed E-state index contributed by atoms with van der Waals surface area (Å²) >= 11 is 7.92. The third-order valence-corrected chi connectivity index (χ3v) is 11.2. The molecular weight excluding hydrogens is 465 g/mol. The Kier molecular flexibility index (Phi) is 8.67. The highest BCUT2D eigenvalue weighted by Crippen LogP contribution is 2.45. The third kappa shape index (κ3) is 5.75. The van der Waals surface area contributed by atoms with Gasteiger partial charge in [0.15, 0.2) is 0 Å². The maximum atomic E-state index is 2.47. The summed E-state index contributed by atoms with van der Waals surface area (Å²) in [6, 6.07) is 9.81. The molecule has 4 rings (SSSR count). The van der Waals surface area contributed by atoms with Gasteiger partial charge in [-0.05, 0) is 74.9 Å². The Morgan fingerprint density at radius 1 is 0.500 bits per heavy atom. The van der Waals surface area contributed by atoms with E-state index in [1.165, 1.54) is 103 Å². The van der Waals surface area contributed by atoms with Crippen LogP contribution in [-0.2, 0) is 12.8 Å². The van der Waals surface area contributed by atoms with E-state index in [0.717, 1.165) is 0 Å². The van der Waals surface area contributed by atoms with E-state index in [-0.39, 0.29) is 0 Å². The van der Waals surface area contributed by atoms with Crippen LogP contribution in [0.15, 0.2) is 24.3 Å². The molecule has 32 heavy (non-hydrogen) atoms. The van der Waals surface area contributed by atoms with Crippen molar-refractivity contribution in [1.82, 2.24) is 0 Å². The molecule has 0 aromatic carbocycles. The van der Waals surface area contributed by atoms with E-state index < -0.39 is 0 Å². The van der Waals surface area contributed by atoms with Crippen LogP contribution in [0.4, 0.5) is 0 Å². The van der Waals surface area contributed by atoms with Crippen molar-refractivity contribution in [1.29, 1.82) is 0 Å². The SMILES string of the molecule is CCCCCCc1cc(-c2cc3sc(-c4cc(CCCCCC)c(C)s4)cc3s2)sc1C. The first-order valence-electron chi connectivity index (χ1n) is 12.3. The van der Waals surface area contributed by atoms with Crippen molar-refractivity contribution in [3.05, 3.63) is 45.1 Å². The van der Waals surface area contributed by atoms with E-state index in [4.69, 9.17) is 0 Å². The maximum Gasteiger partial charge on any atom is 0.0464 e. The molecule has 0 radical (unpaired) electrons. The predicted molar refractivity (Wildman–Crippen MR) is 151 cm³/mol. The Balaban J connectivity index is 1.46. The molecule has 0 atom stereocenters. The topological polar surface area (TPSA) is 0 Å². The summed E-state index contributed by atoms with van der Waals surface area (Å²) in [7, 11) is 0. The lowest BCUT2D eigenvalue weighted by Crippen LogP contribution is -1.84. The number of aryl methyl sites for hydroxylation is 4. The molecule has 0 N–H and O–H groups in total. The Labute approximate surface area is 210 Å². The normalized spacial score (nSPS) is 11.8. The van der Waals surface area contributed by atoms with E-state index in [9.17, 15) is 0 Å². The van der Waals surface area contributed by atoms with E-state index >= 15 is 0 Å². The highest BCUT2D eigenvalue weighted by molar-refractivity contribution is 7.33. The van der Waals surface area contributed by atoms with Crippen molar-refractivity contribution in [2.75, 3.05) is 0 Å². The summed E-state index contributed by atoms with van der Waals surface area (Å²) in [5, 5.41) is 0. The Bertz CT molecular complexity index is 1020. The molecule has 0 nitrogen and oxygen atoms in total. The smallest absolute Gasteiger partial charge is 0.0464 e. The van der Waals surface area contributed by atoms with Gasteiger partial charge < -0.3 is 0 Å². The summed E-state index contributed by atoms with van der Waals surface area (Å²) < 4.78 is 2.90. The zero-order valence-corrected chi connectivity index (χ0v) is 23.3. The van der Waals surface area contributed by atoms with Gasteiger partial charge in [-0.3, -0.25) is 0 Å². The van der Waals surface area contributed by atoms with Crippen molar-refractivity contribution in [3.63, 3.8) is 0 Å². The molecule has 172 valence electrons. The quantitative estimate of drug-likeness (QED) is 0.170. The Morgan fingerprint density at radius 2 is 0.906 bits per heavy atom. The van der Waals surface area contributed by atoms with Crippen molar-refractivity contribution in [3.8, 4) is 19.5 Å². The van der Waals surface area contributed by atoms with Gasteiger partial charge in [-0.25, -0.2) is 0 Å².